The lowest BCUT2D eigenvalue weighted by atomic mass is 10.1. The van der Waals surface area contributed by atoms with Crippen LogP contribution in [0.15, 0.2) is 28.7 Å². The molecule has 1 aromatic carbocycles. The SMILES string of the molecule is Cc1ccc(CC(O)c2cc(Br)c(Cl)s2)c(Cl)c1. The van der Waals surface area contributed by atoms with Gasteiger partial charge in [0.1, 0.15) is 4.34 Å². The molecule has 0 amide bonds. The van der Waals surface area contributed by atoms with Gasteiger partial charge in [0.05, 0.1) is 6.10 Å². The number of aryl methyl sites for hydroxylation is 1. The van der Waals surface area contributed by atoms with E-state index in [2.05, 4.69) is 15.9 Å². The first-order chi connectivity index (χ1) is 8.47. The summed E-state index contributed by atoms with van der Waals surface area (Å²) in [6.45, 7) is 1.99. The number of halogens is 3. The molecule has 1 aromatic heterocycles. The maximum Gasteiger partial charge on any atom is 0.107 e. The Bertz CT molecular complexity index is 549. The molecule has 0 radical (unpaired) electrons. The van der Waals surface area contributed by atoms with Crippen molar-refractivity contribution in [3.8, 4) is 0 Å². The monoisotopic (exact) mass is 364 g/mol. The predicted molar refractivity (Wildman–Crippen MR) is 81.9 cm³/mol. The summed E-state index contributed by atoms with van der Waals surface area (Å²) in [5.74, 6) is 0. The largest absolute Gasteiger partial charge is 0.387 e. The summed E-state index contributed by atoms with van der Waals surface area (Å²) in [6.07, 6.45) is -0.0958. The fourth-order valence-corrected chi connectivity index (χ4v) is 3.69. The maximum absolute atomic E-state index is 10.2. The third-order valence-corrected chi connectivity index (χ3v) is 5.54. The first-order valence-corrected chi connectivity index (χ1v) is 7.71. The highest BCUT2D eigenvalue weighted by Crippen LogP contribution is 2.36. The van der Waals surface area contributed by atoms with Gasteiger partial charge in [-0.3, -0.25) is 0 Å². The zero-order valence-corrected chi connectivity index (χ0v) is 13.5. The summed E-state index contributed by atoms with van der Waals surface area (Å²) in [6, 6.07) is 7.69. The minimum atomic E-state index is -0.584. The summed E-state index contributed by atoms with van der Waals surface area (Å²) in [5, 5.41) is 10.9. The van der Waals surface area contributed by atoms with Gasteiger partial charge in [-0.05, 0) is 46.1 Å². The maximum atomic E-state index is 10.2. The summed E-state index contributed by atoms with van der Waals surface area (Å²) < 4.78 is 1.47. The smallest absolute Gasteiger partial charge is 0.107 e. The van der Waals surface area contributed by atoms with E-state index in [4.69, 9.17) is 23.2 Å². The Kier molecular flexibility index (Phi) is 4.73. The second-order valence-electron chi connectivity index (χ2n) is 4.09. The molecule has 2 aromatic rings. The Morgan fingerprint density at radius 1 is 1.33 bits per heavy atom. The average Bonchev–Trinajstić information content (AvgIpc) is 2.63. The predicted octanol–water partition coefficient (Wildman–Crippen LogP) is 5.40. The van der Waals surface area contributed by atoms with Gasteiger partial charge in [-0.2, -0.15) is 0 Å². The zero-order chi connectivity index (χ0) is 13.3. The van der Waals surface area contributed by atoms with E-state index in [-0.39, 0.29) is 0 Å². The van der Waals surface area contributed by atoms with Crippen LogP contribution in [0.3, 0.4) is 0 Å². The number of hydrogen-bond donors (Lipinski definition) is 1. The minimum Gasteiger partial charge on any atom is -0.387 e. The van der Waals surface area contributed by atoms with E-state index < -0.39 is 6.10 Å². The van der Waals surface area contributed by atoms with E-state index in [0.29, 0.717) is 15.8 Å². The average molecular weight is 366 g/mol. The minimum absolute atomic E-state index is 0.488. The summed E-state index contributed by atoms with van der Waals surface area (Å²) in [7, 11) is 0. The Hall–Kier alpha value is -0.0600. The second-order valence-corrected chi connectivity index (χ2v) is 7.03. The van der Waals surface area contributed by atoms with Gasteiger partial charge in [-0.15, -0.1) is 11.3 Å². The standard InChI is InChI=1S/C13H11BrCl2OS/c1-7-2-3-8(10(15)4-7)5-11(17)12-6-9(14)13(16)18-12/h2-4,6,11,17H,5H2,1H3. The molecule has 1 nitrogen and oxygen atoms in total. The molecule has 18 heavy (non-hydrogen) atoms. The van der Waals surface area contributed by atoms with Crippen molar-refractivity contribution in [1.82, 2.24) is 0 Å². The number of aliphatic hydroxyl groups is 1. The highest BCUT2D eigenvalue weighted by Gasteiger charge is 2.15. The number of benzene rings is 1. The molecule has 0 bridgehead atoms. The molecule has 1 atom stereocenters. The van der Waals surface area contributed by atoms with Crippen LogP contribution in [0.25, 0.3) is 0 Å². The van der Waals surface area contributed by atoms with Crippen LogP contribution in [0.5, 0.6) is 0 Å². The Morgan fingerprint density at radius 3 is 2.61 bits per heavy atom. The van der Waals surface area contributed by atoms with Crippen LogP contribution >= 0.6 is 50.5 Å². The molecule has 2 rings (SSSR count). The number of rotatable bonds is 3. The number of thiophene rings is 1. The summed E-state index contributed by atoms with van der Waals surface area (Å²) in [4.78, 5) is 0.837. The molecule has 1 unspecified atom stereocenters. The molecule has 1 heterocycles. The fraction of sp³-hybridized carbons (Fsp3) is 0.231. The highest BCUT2D eigenvalue weighted by atomic mass is 79.9. The molecule has 0 spiro atoms. The fourth-order valence-electron chi connectivity index (χ4n) is 1.65. The van der Waals surface area contributed by atoms with Gasteiger partial charge in [0.15, 0.2) is 0 Å². The van der Waals surface area contributed by atoms with Gasteiger partial charge >= 0.3 is 0 Å². The van der Waals surface area contributed by atoms with E-state index in [9.17, 15) is 5.11 Å². The van der Waals surface area contributed by atoms with Crippen LogP contribution in [-0.4, -0.2) is 5.11 Å². The van der Waals surface area contributed by atoms with Gasteiger partial charge in [0.25, 0.3) is 0 Å². The van der Waals surface area contributed by atoms with Gasteiger partial charge in [-0.25, -0.2) is 0 Å². The van der Waals surface area contributed by atoms with Crippen LogP contribution < -0.4 is 0 Å². The summed E-state index contributed by atoms with van der Waals surface area (Å²) >= 11 is 16.8. The topological polar surface area (TPSA) is 20.2 Å². The van der Waals surface area contributed by atoms with Crippen molar-refractivity contribution in [3.05, 3.63) is 54.1 Å². The molecule has 96 valence electrons. The first kappa shape index (κ1) is 14.4. The van der Waals surface area contributed by atoms with Crippen molar-refractivity contribution in [3.63, 3.8) is 0 Å². The third-order valence-electron chi connectivity index (χ3n) is 2.61. The van der Waals surface area contributed by atoms with Crippen LogP contribution in [0.4, 0.5) is 0 Å². The van der Waals surface area contributed by atoms with Gasteiger partial charge in [0, 0.05) is 20.8 Å². The quantitative estimate of drug-likeness (QED) is 0.771. The van der Waals surface area contributed by atoms with Crippen molar-refractivity contribution < 1.29 is 5.11 Å². The lowest BCUT2D eigenvalue weighted by Gasteiger charge is -2.10. The molecule has 0 aliphatic rings. The Morgan fingerprint density at radius 2 is 2.06 bits per heavy atom. The third kappa shape index (κ3) is 3.28. The van der Waals surface area contributed by atoms with Crippen LogP contribution in [-0.2, 0) is 6.42 Å². The van der Waals surface area contributed by atoms with E-state index in [1.54, 1.807) is 0 Å². The van der Waals surface area contributed by atoms with E-state index in [1.807, 2.05) is 31.2 Å². The molecule has 0 aliphatic heterocycles. The van der Waals surface area contributed by atoms with Crippen LogP contribution in [0, 0.1) is 6.92 Å². The molecule has 0 saturated heterocycles. The summed E-state index contributed by atoms with van der Waals surface area (Å²) in [5.41, 5.74) is 2.05. The lowest BCUT2D eigenvalue weighted by molar-refractivity contribution is 0.182. The number of aliphatic hydroxyl groups excluding tert-OH is 1. The van der Waals surface area contributed by atoms with Gasteiger partial charge in [-0.1, -0.05) is 35.3 Å². The number of hydrogen-bond acceptors (Lipinski definition) is 2. The first-order valence-electron chi connectivity index (χ1n) is 5.35. The van der Waals surface area contributed by atoms with E-state index >= 15 is 0 Å². The van der Waals surface area contributed by atoms with Crippen LogP contribution in [0.1, 0.15) is 22.1 Å². The molecular formula is C13H11BrCl2OS. The molecule has 0 saturated carbocycles. The molecular weight excluding hydrogens is 355 g/mol. The van der Waals surface area contributed by atoms with Gasteiger partial charge < -0.3 is 5.11 Å². The van der Waals surface area contributed by atoms with Crippen molar-refractivity contribution >= 4 is 50.5 Å². The molecule has 0 aliphatic carbocycles. The van der Waals surface area contributed by atoms with E-state index in [0.717, 1.165) is 20.5 Å². The Balaban J connectivity index is 2.18. The zero-order valence-electron chi connectivity index (χ0n) is 9.58. The van der Waals surface area contributed by atoms with Crippen molar-refractivity contribution in [2.45, 2.75) is 19.4 Å². The van der Waals surface area contributed by atoms with Crippen LogP contribution in [0.2, 0.25) is 9.36 Å². The van der Waals surface area contributed by atoms with Gasteiger partial charge in [0.2, 0.25) is 0 Å². The van der Waals surface area contributed by atoms with E-state index in [1.165, 1.54) is 11.3 Å². The molecule has 5 heteroatoms. The normalized spacial score (nSPS) is 12.7. The van der Waals surface area contributed by atoms with Crippen molar-refractivity contribution in [2.75, 3.05) is 0 Å². The Labute approximate surface area is 128 Å². The lowest BCUT2D eigenvalue weighted by Crippen LogP contribution is -2.00. The van der Waals surface area contributed by atoms with Crippen molar-refractivity contribution in [1.29, 1.82) is 0 Å². The highest BCUT2D eigenvalue weighted by molar-refractivity contribution is 9.10. The van der Waals surface area contributed by atoms with Crippen molar-refractivity contribution in [2.24, 2.45) is 0 Å². The molecule has 0 fully saturated rings. The molecule has 1 N–H and O–H groups in total. The second kappa shape index (κ2) is 5.93.